The van der Waals surface area contributed by atoms with E-state index in [1.54, 1.807) is 6.33 Å². The van der Waals surface area contributed by atoms with Gasteiger partial charge in [0.1, 0.15) is 12.1 Å². The number of rotatable bonds is 3. The molecule has 0 bridgehead atoms. The van der Waals surface area contributed by atoms with Gasteiger partial charge in [-0.05, 0) is 12.0 Å². The van der Waals surface area contributed by atoms with Crippen molar-refractivity contribution in [1.82, 2.24) is 14.9 Å². The molecular formula is C18H22N4O. The van der Waals surface area contributed by atoms with Crippen molar-refractivity contribution >= 4 is 5.82 Å². The monoisotopic (exact) mass is 310 g/mol. The van der Waals surface area contributed by atoms with Crippen LogP contribution in [0.1, 0.15) is 16.8 Å². The molecule has 5 nitrogen and oxygen atoms in total. The number of hydrogen-bond donors (Lipinski definition) is 0. The summed E-state index contributed by atoms with van der Waals surface area (Å²) < 4.78 is 5.46. The summed E-state index contributed by atoms with van der Waals surface area (Å²) in [4.78, 5) is 13.9. The largest absolute Gasteiger partial charge is 0.378 e. The molecule has 5 heteroatoms. The van der Waals surface area contributed by atoms with Crippen molar-refractivity contribution in [3.8, 4) is 0 Å². The summed E-state index contributed by atoms with van der Waals surface area (Å²) in [6.07, 6.45) is 2.74. The Morgan fingerprint density at radius 3 is 2.65 bits per heavy atom. The summed E-state index contributed by atoms with van der Waals surface area (Å²) in [5, 5.41) is 0. The number of benzene rings is 1. The Bertz CT molecular complexity index is 655. The molecule has 2 aromatic rings. The SMILES string of the molecule is c1ccc(CN2CCc3c(ncnc3N3CCOCC3)C2)cc1. The van der Waals surface area contributed by atoms with Crippen molar-refractivity contribution in [1.29, 1.82) is 0 Å². The molecule has 1 aromatic heterocycles. The first-order valence-corrected chi connectivity index (χ1v) is 8.32. The Balaban J connectivity index is 1.51. The van der Waals surface area contributed by atoms with Crippen molar-refractivity contribution < 1.29 is 4.74 Å². The number of nitrogens with zero attached hydrogens (tertiary/aromatic N) is 4. The van der Waals surface area contributed by atoms with Gasteiger partial charge in [-0.25, -0.2) is 9.97 Å². The second kappa shape index (κ2) is 6.64. The lowest BCUT2D eigenvalue weighted by molar-refractivity contribution is 0.122. The maximum atomic E-state index is 5.46. The van der Waals surface area contributed by atoms with Gasteiger partial charge in [-0.1, -0.05) is 30.3 Å². The standard InChI is InChI=1S/C18H22N4O/c1-2-4-15(5-3-1)12-21-7-6-16-17(13-21)19-14-20-18(16)22-8-10-23-11-9-22/h1-5,14H,6-13H2. The first-order valence-electron chi connectivity index (χ1n) is 8.32. The van der Waals surface area contributed by atoms with E-state index in [0.29, 0.717) is 0 Å². The van der Waals surface area contributed by atoms with E-state index in [1.165, 1.54) is 16.8 Å². The molecule has 1 fully saturated rings. The molecule has 23 heavy (non-hydrogen) atoms. The van der Waals surface area contributed by atoms with E-state index in [4.69, 9.17) is 4.74 Å². The molecule has 0 spiro atoms. The average Bonchev–Trinajstić information content (AvgIpc) is 2.63. The number of anilines is 1. The maximum Gasteiger partial charge on any atom is 0.135 e. The number of ether oxygens (including phenoxy) is 1. The van der Waals surface area contributed by atoms with Crippen molar-refractivity contribution in [3.05, 3.63) is 53.5 Å². The van der Waals surface area contributed by atoms with Gasteiger partial charge in [-0.2, -0.15) is 0 Å². The van der Waals surface area contributed by atoms with Gasteiger partial charge in [0.05, 0.1) is 18.9 Å². The predicted molar refractivity (Wildman–Crippen MR) is 89.3 cm³/mol. The van der Waals surface area contributed by atoms with Crippen LogP contribution in [-0.4, -0.2) is 47.7 Å². The lowest BCUT2D eigenvalue weighted by Gasteiger charge is -2.33. The van der Waals surface area contributed by atoms with E-state index in [-0.39, 0.29) is 0 Å². The topological polar surface area (TPSA) is 41.5 Å². The zero-order valence-electron chi connectivity index (χ0n) is 13.3. The number of morpholine rings is 1. The zero-order valence-corrected chi connectivity index (χ0v) is 13.3. The average molecular weight is 310 g/mol. The molecule has 0 N–H and O–H groups in total. The van der Waals surface area contributed by atoms with Crippen LogP contribution in [0.25, 0.3) is 0 Å². The molecule has 3 heterocycles. The highest BCUT2D eigenvalue weighted by Gasteiger charge is 2.24. The summed E-state index contributed by atoms with van der Waals surface area (Å²) in [5.41, 5.74) is 3.88. The molecule has 0 radical (unpaired) electrons. The minimum Gasteiger partial charge on any atom is -0.378 e. The first kappa shape index (κ1) is 14.6. The third-order valence-corrected chi connectivity index (χ3v) is 4.62. The van der Waals surface area contributed by atoms with E-state index in [1.807, 2.05) is 0 Å². The van der Waals surface area contributed by atoms with Crippen molar-refractivity contribution in [3.63, 3.8) is 0 Å². The van der Waals surface area contributed by atoms with E-state index in [0.717, 1.165) is 58.2 Å². The van der Waals surface area contributed by atoms with Crippen LogP contribution in [0.3, 0.4) is 0 Å². The molecule has 0 aliphatic carbocycles. The third kappa shape index (κ3) is 3.21. The van der Waals surface area contributed by atoms with Gasteiger partial charge in [0, 0.05) is 38.3 Å². The minimum absolute atomic E-state index is 0.791. The Kier molecular flexibility index (Phi) is 4.22. The van der Waals surface area contributed by atoms with Crippen LogP contribution >= 0.6 is 0 Å². The minimum atomic E-state index is 0.791. The van der Waals surface area contributed by atoms with Gasteiger partial charge in [0.2, 0.25) is 0 Å². The Hall–Kier alpha value is -1.98. The first-order chi connectivity index (χ1) is 11.4. The van der Waals surface area contributed by atoms with Crippen LogP contribution < -0.4 is 4.90 Å². The quantitative estimate of drug-likeness (QED) is 0.866. The summed E-state index contributed by atoms with van der Waals surface area (Å²) >= 11 is 0. The van der Waals surface area contributed by atoms with E-state index in [9.17, 15) is 0 Å². The number of hydrogen-bond acceptors (Lipinski definition) is 5. The highest BCUT2D eigenvalue weighted by molar-refractivity contribution is 5.49. The normalized spacial score (nSPS) is 18.7. The number of aromatic nitrogens is 2. The highest BCUT2D eigenvalue weighted by Crippen LogP contribution is 2.26. The van der Waals surface area contributed by atoms with Crippen LogP contribution in [0.5, 0.6) is 0 Å². The Labute approximate surface area is 136 Å². The molecule has 0 atom stereocenters. The lowest BCUT2D eigenvalue weighted by atomic mass is 10.0. The molecule has 0 unspecified atom stereocenters. The van der Waals surface area contributed by atoms with Crippen LogP contribution in [-0.2, 0) is 24.2 Å². The summed E-state index contributed by atoms with van der Waals surface area (Å²) in [7, 11) is 0. The van der Waals surface area contributed by atoms with Gasteiger partial charge in [0.15, 0.2) is 0 Å². The smallest absolute Gasteiger partial charge is 0.135 e. The summed E-state index contributed by atoms with van der Waals surface area (Å²) in [6.45, 7) is 6.39. The summed E-state index contributed by atoms with van der Waals surface area (Å²) in [5.74, 6) is 1.12. The molecule has 1 saturated heterocycles. The van der Waals surface area contributed by atoms with E-state index in [2.05, 4.69) is 50.1 Å². The third-order valence-electron chi connectivity index (χ3n) is 4.62. The fraction of sp³-hybridized carbons (Fsp3) is 0.444. The zero-order chi connectivity index (χ0) is 15.5. The Morgan fingerprint density at radius 1 is 1.00 bits per heavy atom. The molecule has 2 aliphatic rings. The fourth-order valence-corrected chi connectivity index (χ4v) is 3.42. The molecule has 0 saturated carbocycles. The summed E-state index contributed by atoms with van der Waals surface area (Å²) in [6, 6.07) is 10.7. The molecule has 1 aromatic carbocycles. The van der Waals surface area contributed by atoms with Crippen molar-refractivity contribution in [2.24, 2.45) is 0 Å². The maximum absolute atomic E-state index is 5.46. The molecular weight excluding hydrogens is 288 g/mol. The van der Waals surface area contributed by atoms with Crippen molar-refractivity contribution in [2.75, 3.05) is 37.7 Å². The van der Waals surface area contributed by atoms with Crippen LogP contribution in [0.4, 0.5) is 5.82 Å². The van der Waals surface area contributed by atoms with E-state index >= 15 is 0 Å². The molecule has 120 valence electrons. The van der Waals surface area contributed by atoms with Crippen LogP contribution in [0.2, 0.25) is 0 Å². The number of fused-ring (bicyclic) bond motifs is 1. The molecule has 0 amide bonds. The molecule has 4 rings (SSSR count). The highest BCUT2D eigenvalue weighted by atomic mass is 16.5. The van der Waals surface area contributed by atoms with Crippen LogP contribution in [0, 0.1) is 0 Å². The van der Waals surface area contributed by atoms with E-state index < -0.39 is 0 Å². The lowest BCUT2D eigenvalue weighted by Crippen LogP contribution is -2.39. The van der Waals surface area contributed by atoms with Gasteiger partial charge >= 0.3 is 0 Å². The molecule has 2 aliphatic heterocycles. The van der Waals surface area contributed by atoms with Crippen LogP contribution in [0.15, 0.2) is 36.7 Å². The second-order valence-electron chi connectivity index (χ2n) is 6.17. The van der Waals surface area contributed by atoms with Gasteiger partial charge in [-0.15, -0.1) is 0 Å². The Morgan fingerprint density at radius 2 is 1.83 bits per heavy atom. The van der Waals surface area contributed by atoms with Gasteiger partial charge < -0.3 is 9.64 Å². The fourth-order valence-electron chi connectivity index (χ4n) is 3.42. The van der Waals surface area contributed by atoms with Crippen molar-refractivity contribution in [2.45, 2.75) is 19.5 Å². The predicted octanol–water partition coefficient (Wildman–Crippen LogP) is 1.87. The van der Waals surface area contributed by atoms with Gasteiger partial charge in [-0.3, -0.25) is 4.90 Å². The second-order valence-corrected chi connectivity index (χ2v) is 6.17. The van der Waals surface area contributed by atoms with Gasteiger partial charge in [0.25, 0.3) is 0 Å².